The molecule has 2 atom stereocenters. The highest BCUT2D eigenvalue weighted by atomic mass is 127. The molecule has 2 aliphatic heterocycles. The van der Waals surface area contributed by atoms with Crippen LogP contribution in [0.5, 0.6) is 0 Å². The van der Waals surface area contributed by atoms with Gasteiger partial charge in [-0.2, -0.15) is 0 Å². The molecule has 0 saturated carbocycles. The fraction of sp³-hybridized carbons (Fsp3) is 0.750. The smallest absolute Gasteiger partial charge is 0.341 e. The van der Waals surface area contributed by atoms with Gasteiger partial charge in [0.1, 0.15) is 0 Å². The third-order valence-corrected chi connectivity index (χ3v) is 6.98. The molecule has 2 fully saturated rings. The van der Waals surface area contributed by atoms with Gasteiger partial charge in [0.15, 0.2) is 0 Å². The lowest BCUT2D eigenvalue weighted by Crippen LogP contribution is -2.63. The summed E-state index contributed by atoms with van der Waals surface area (Å²) < 4.78 is -1.52. The maximum Gasteiger partial charge on any atom is 0.341 e. The van der Waals surface area contributed by atoms with E-state index < -0.39 is 14.3 Å². The Labute approximate surface area is 99.5 Å². The van der Waals surface area contributed by atoms with Gasteiger partial charge in [-0.3, -0.25) is 4.79 Å². The Hall–Kier alpha value is 0.0200. The minimum atomic E-state index is -1.09. The highest BCUT2D eigenvalue weighted by Gasteiger charge is 2.68. The van der Waals surface area contributed by atoms with Gasteiger partial charge in [-0.25, -0.2) is 4.79 Å². The number of halogens is 1. The Morgan fingerprint density at radius 2 is 2.29 bits per heavy atom. The third-order valence-electron chi connectivity index (χ3n) is 2.75. The summed E-state index contributed by atoms with van der Waals surface area (Å²) in [6.45, 7) is 3.76. The van der Waals surface area contributed by atoms with Crippen LogP contribution in [-0.4, -0.2) is 35.5 Å². The van der Waals surface area contributed by atoms with Crippen molar-refractivity contribution in [2.45, 2.75) is 33.9 Å². The number of hydrogen-bond acceptors (Lipinski definition) is 3. The SMILES string of the molecule is CC1(C)S[C@@H]2CC(=O)N2[C@@]1(I)C(=O)O. The van der Waals surface area contributed by atoms with E-state index in [-0.39, 0.29) is 11.3 Å². The largest absolute Gasteiger partial charge is 0.479 e. The number of carbonyl (C=O) groups excluding carboxylic acids is 1. The molecule has 1 N–H and O–H groups in total. The second kappa shape index (κ2) is 2.78. The number of thioether (sulfide) groups is 1. The van der Waals surface area contributed by atoms with Crippen molar-refractivity contribution in [3.63, 3.8) is 0 Å². The quantitative estimate of drug-likeness (QED) is 0.341. The molecule has 2 rings (SSSR count). The van der Waals surface area contributed by atoms with E-state index in [0.717, 1.165) is 0 Å². The highest BCUT2D eigenvalue weighted by molar-refractivity contribution is 14.1. The molecule has 0 aromatic carbocycles. The average molecular weight is 327 g/mol. The molecule has 2 aliphatic rings. The van der Waals surface area contributed by atoms with Crippen molar-refractivity contribution in [3.8, 4) is 0 Å². The molecular formula is C8H10INO3S. The standard InChI is InChI=1S/C8H10INO3S/c1-7(2)8(9,6(12)13)10-4(11)3-5(10)14-7/h5H,3H2,1-2H3,(H,12,13)/t5-,8+/m1/s1. The molecule has 0 radical (unpaired) electrons. The fourth-order valence-corrected chi connectivity index (χ4v) is 4.73. The van der Waals surface area contributed by atoms with Crippen LogP contribution in [0.2, 0.25) is 0 Å². The van der Waals surface area contributed by atoms with Crippen LogP contribution in [0.15, 0.2) is 0 Å². The van der Waals surface area contributed by atoms with Gasteiger partial charge in [-0.05, 0) is 36.4 Å². The number of nitrogens with zero attached hydrogens (tertiary/aromatic N) is 1. The molecule has 0 bridgehead atoms. The van der Waals surface area contributed by atoms with Gasteiger partial charge in [0.2, 0.25) is 9.45 Å². The Morgan fingerprint density at radius 3 is 2.64 bits per heavy atom. The minimum absolute atomic E-state index is 0.0510. The first-order chi connectivity index (χ1) is 6.30. The summed E-state index contributed by atoms with van der Waals surface area (Å²) in [5, 5.41) is 9.29. The number of β-lactam (4-membered cyclic amide) rings is 1. The van der Waals surface area contributed by atoms with Crippen molar-refractivity contribution in [1.82, 2.24) is 4.90 Å². The van der Waals surface area contributed by atoms with Gasteiger partial charge in [-0.15, -0.1) is 11.8 Å². The normalized spacial score (nSPS) is 39.2. The Morgan fingerprint density at radius 1 is 1.71 bits per heavy atom. The lowest BCUT2D eigenvalue weighted by molar-refractivity contribution is -0.158. The predicted octanol–water partition coefficient (Wildman–Crippen LogP) is 1.29. The number of hydrogen-bond donors (Lipinski definition) is 1. The summed E-state index contributed by atoms with van der Waals surface area (Å²) in [4.78, 5) is 24.1. The van der Waals surface area contributed by atoms with Crippen LogP contribution in [-0.2, 0) is 9.59 Å². The zero-order valence-corrected chi connectivity index (χ0v) is 10.8. The molecule has 14 heavy (non-hydrogen) atoms. The van der Waals surface area contributed by atoms with Crippen LogP contribution in [0.25, 0.3) is 0 Å². The van der Waals surface area contributed by atoms with Crippen molar-refractivity contribution in [2.24, 2.45) is 0 Å². The first-order valence-electron chi connectivity index (χ1n) is 4.23. The number of alkyl halides is 1. The van der Waals surface area contributed by atoms with Gasteiger partial charge < -0.3 is 10.0 Å². The van der Waals surface area contributed by atoms with E-state index in [1.807, 2.05) is 36.4 Å². The lowest BCUT2D eigenvalue weighted by atomic mass is 9.98. The predicted molar refractivity (Wildman–Crippen MR) is 61.3 cm³/mol. The molecule has 4 nitrogen and oxygen atoms in total. The van der Waals surface area contributed by atoms with Gasteiger partial charge in [0.25, 0.3) is 0 Å². The third kappa shape index (κ3) is 1.01. The number of amides is 1. The summed E-state index contributed by atoms with van der Waals surface area (Å²) in [6, 6.07) is 0. The molecule has 0 unspecified atom stereocenters. The van der Waals surface area contributed by atoms with Crippen molar-refractivity contribution >= 4 is 46.2 Å². The molecule has 1 amide bonds. The van der Waals surface area contributed by atoms with E-state index in [0.29, 0.717) is 6.42 Å². The highest BCUT2D eigenvalue weighted by Crippen LogP contribution is 2.59. The molecular weight excluding hydrogens is 317 g/mol. The van der Waals surface area contributed by atoms with Crippen LogP contribution in [0.4, 0.5) is 0 Å². The zero-order valence-electron chi connectivity index (χ0n) is 7.78. The second-order valence-electron chi connectivity index (χ2n) is 3.98. The van der Waals surface area contributed by atoms with Gasteiger partial charge in [-0.1, -0.05) is 0 Å². The molecule has 0 aromatic rings. The second-order valence-corrected chi connectivity index (χ2v) is 7.34. The molecule has 2 heterocycles. The number of fused-ring (bicyclic) bond motifs is 1. The minimum Gasteiger partial charge on any atom is -0.479 e. The Bertz CT molecular complexity index is 333. The van der Waals surface area contributed by atoms with Crippen LogP contribution < -0.4 is 0 Å². The molecule has 78 valence electrons. The van der Waals surface area contributed by atoms with Gasteiger partial charge in [0, 0.05) is 0 Å². The first-order valence-corrected chi connectivity index (χ1v) is 6.19. The van der Waals surface area contributed by atoms with Crippen molar-refractivity contribution in [2.75, 3.05) is 0 Å². The fourth-order valence-electron chi connectivity index (χ4n) is 1.92. The summed E-state index contributed by atoms with van der Waals surface area (Å²) in [5.41, 5.74) is 0. The summed E-state index contributed by atoms with van der Waals surface area (Å²) >= 11 is 3.46. The average Bonchev–Trinajstić information content (AvgIpc) is 2.16. The summed E-state index contributed by atoms with van der Waals surface area (Å²) in [7, 11) is 0. The van der Waals surface area contributed by atoms with Crippen LogP contribution in [0.3, 0.4) is 0 Å². The Balaban J connectivity index is 2.45. The van der Waals surface area contributed by atoms with Gasteiger partial charge in [0.05, 0.1) is 16.5 Å². The van der Waals surface area contributed by atoms with E-state index in [9.17, 15) is 14.7 Å². The molecule has 6 heteroatoms. The zero-order chi connectivity index (χ0) is 10.7. The summed E-state index contributed by atoms with van der Waals surface area (Å²) in [5.74, 6) is -0.976. The monoisotopic (exact) mass is 327 g/mol. The molecule has 0 spiro atoms. The van der Waals surface area contributed by atoms with E-state index in [2.05, 4.69) is 0 Å². The van der Waals surface area contributed by atoms with E-state index in [1.165, 1.54) is 4.90 Å². The van der Waals surface area contributed by atoms with Crippen molar-refractivity contribution in [1.29, 1.82) is 0 Å². The maximum atomic E-state index is 11.4. The number of carboxylic acid groups (broad SMARTS) is 1. The topological polar surface area (TPSA) is 57.6 Å². The van der Waals surface area contributed by atoms with Crippen molar-refractivity contribution < 1.29 is 14.7 Å². The number of rotatable bonds is 1. The summed E-state index contributed by atoms with van der Waals surface area (Å²) in [6.07, 6.45) is 0.478. The van der Waals surface area contributed by atoms with E-state index in [4.69, 9.17) is 0 Å². The molecule has 0 aromatic heterocycles. The van der Waals surface area contributed by atoms with Crippen LogP contribution in [0.1, 0.15) is 20.3 Å². The van der Waals surface area contributed by atoms with Crippen LogP contribution >= 0.6 is 34.4 Å². The molecule has 2 saturated heterocycles. The van der Waals surface area contributed by atoms with Gasteiger partial charge >= 0.3 is 5.97 Å². The number of aliphatic carboxylic acids is 1. The van der Waals surface area contributed by atoms with E-state index in [1.54, 1.807) is 11.8 Å². The van der Waals surface area contributed by atoms with Crippen LogP contribution in [0, 0.1) is 0 Å². The maximum absolute atomic E-state index is 11.4. The lowest BCUT2D eigenvalue weighted by Gasteiger charge is -2.42. The first kappa shape index (κ1) is 10.5. The van der Waals surface area contributed by atoms with E-state index >= 15 is 0 Å². The molecule has 0 aliphatic carbocycles. The number of carbonyl (C=O) groups is 2. The van der Waals surface area contributed by atoms with Crippen molar-refractivity contribution in [3.05, 3.63) is 0 Å². The number of carboxylic acids is 1. The Kier molecular flexibility index (Phi) is 2.09.